The number of aromatic nitrogens is 2. The Morgan fingerprint density at radius 2 is 1.27 bits per heavy atom. The summed E-state index contributed by atoms with van der Waals surface area (Å²) in [5, 5.41) is 21.4. The lowest BCUT2D eigenvalue weighted by molar-refractivity contribution is -0.193. The van der Waals surface area contributed by atoms with E-state index in [9.17, 15) is 47.9 Å². The van der Waals surface area contributed by atoms with E-state index in [1.165, 1.54) is 6.26 Å². The van der Waals surface area contributed by atoms with Crippen LogP contribution in [0.15, 0.2) is 49.1 Å². The highest BCUT2D eigenvalue weighted by Gasteiger charge is 2.39. The van der Waals surface area contributed by atoms with Gasteiger partial charge in [0.2, 0.25) is 10.0 Å². The number of hydrogen-bond acceptors (Lipinski definition) is 8. The Bertz CT molecular complexity index is 1270. The summed E-state index contributed by atoms with van der Waals surface area (Å²) >= 11 is 0. The fraction of sp³-hybridized carbons (Fsp3) is 0.435. The molecule has 0 radical (unpaired) electrons. The van der Waals surface area contributed by atoms with Gasteiger partial charge < -0.3 is 15.3 Å². The molecule has 0 amide bonds. The van der Waals surface area contributed by atoms with Gasteiger partial charge in [-0.1, -0.05) is 6.07 Å². The molecule has 0 aliphatic carbocycles. The Hall–Kier alpha value is -4.05. The van der Waals surface area contributed by atoms with Crippen molar-refractivity contribution in [1.29, 1.82) is 0 Å². The van der Waals surface area contributed by atoms with Crippen LogP contribution in [0.2, 0.25) is 0 Å². The summed E-state index contributed by atoms with van der Waals surface area (Å²) in [4.78, 5) is 37.2. The maximum atomic E-state index is 11.7. The van der Waals surface area contributed by atoms with Crippen LogP contribution >= 0.6 is 0 Å². The molecule has 3 rings (SSSR count). The number of nitrogens with zero attached hydrogens (tertiary/aromatic N) is 3. The first-order valence-corrected chi connectivity index (χ1v) is 13.6. The van der Waals surface area contributed by atoms with Crippen molar-refractivity contribution in [3.05, 3.63) is 60.2 Å². The molecule has 1 aliphatic rings. The molecule has 22 heteroatoms. The molecule has 0 spiro atoms. The molecule has 2 aromatic rings. The van der Waals surface area contributed by atoms with Gasteiger partial charge in [-0.25, -0.2) is 27.5 Å². The molecule has 0 saturated carbocycles. The Morgan fingerprint density at radius 1 is 0.822 bits per heavy atom. The van der Waals surface area contributed by atoms with Gasteiger partial charge in [-0.15, -0.1) is 0 Å². The zero-order valence-electron chi connectivity index (χ0n) is 22.6. The standard InChI is InChI=1S/C17H22N4O2S.3C2HF3O2/c1-24(22,23)20-16-6-10-21(13-15-3-2-7-19-12-15)17(16)11-14-4-8-18-9-5-14;3*3-2(4,5)1(6)7/h2-5,7-9,12,16-17,20H,6,10-11,13H2,1H3;3*(H,6,7)/t16-,17+;;;/m1.../s1. The van der Waals surface area contributed by atoms with Gasteiger partial charge in [0.1, 0.15) is 0 Å². The Labute approximate surface area is 248 Å². The highest BCUT2D eigenvalue weighted by molar-refractivity contribution is 7.88. The van der Waals surface area contributed by atoms with Crippen molar-refractivity contribution in [3.8, 4) is 0 Å². The quantitative estimate of drug-likeness (QED) is 0.327. The second-order valence-corrected chi connectivity index (χ2v) is 10.4. The summed E-state index contributed by atoms with van der Waals surface area (Å²) in [6, 6.07) is 7.98. The molecular weight excluding hydrogens is 663 g/mol. The van der Waals surface area contributed by atoms with Crippen molar-refractivity contribution in [1.82, 2.24) is 19.6 Å². The van der Waals surface area contributed by atoms with Crippen molar-refractivity contribution < 1.29 is 77.6 Å². The third-order valence-corrected chi connectivity index (χ3v) is 5.79. The molecule has 12 nitrogen and oxygen atoms in total. The molecule has 0 unspecified atom stereocenters. The predicted octanol–water partition coefficient (Wildman–Crippen LogP) is 3.11. The molecule has 1 aliphatic heterocycles. The Balaban J connectivity index is 0.000000753. The number of sulfonamides is 1. The van der Waals surface area contributed by atoms with E-state index >= 15 is 0 Å². The lowest BCUT2D eigenvalue weighted by atomic mass is 10.0. The van der Waals surface area contributed by atoms with Gasteiger partial charge >= 0.3 is 36.4 Å². The van der Waals surface area contributed by atoms with Gasteiger partial charge in [-0.2, -0.15) is 39.5 Å². The maximum Gasteiger partial charge on any atom is 0.490 e. The normalized spacial score (nSPS) is 16.9. The van der Waals surface area contributed by atoms with Crippen molar-refractivity contribution in [2.45, 2.75) is 50.0 Å². The molecule has 2 aromatic heterocycles. The number of hydrogen-bond donors (Lipinski definition) is 4. The van der Waals surface area contributed by atoms with E-state index in [-0.39, 0.29) is 12.1 Å². The minimum Gasteiger partial charge on any atom is -0.475 e. The van der Waals surface area contributed by atoms with Gasteiger partial charge in [-0.05, 0) is 42.2 Å². The average molecular weight is 689 g/mol. The molecule has 1 saturated heterocycles. The summed E-state index contributed by atoms with van der Waals surface area (Å²) in [6.45, 7) is 1.63. The van der Waals surface area contributed by atoms with Gasteiger partial charge in [0.25, 0.3) is 0 Å². The van der Waals surface area contributed by atoms with E-state index in [1.807, 2.05) is 30.5 Å². The van der Waals surface area contributed by atoms with Crippen LogP contribution in [-0.4, -0.2) is 99.9 Å². The van der Waals surface area contributed by atoms with Gasteiger partial charge in [-0.3, -0.25) is 14.9 Å². The van der Waals surface area contributed by atoms with Crippen LogP contribution in [-0.2, 0) is 37.4 Å². The summed E-state index contributed by atoms with van der Waals surface area (Å²) in [5.74, 6) is -8.27. The number of carboxylic acid groups (broad SMARTS) is 3. The smallest absolute Gasteiger partial charge is 0.475 e. The van der Waals surface area contributed by atoms with E-state index in [0.29, 0.717) is 0 Å². The second kappa shape index (κ2) is 17.4. The Kier molecular flexibility index (Phi) is 15.9. The largest absolute Gasteiger partial charge is 0.490 e. The van der Waals surface area contributed by atoms with Crippen molar-refractivity contribution in [2.75, 3.05) is 12.8 Å². The summed E-state index contributed by atoms with van der Waals surface area (Å²) < 4.78 is 121. The maximum absolute atomic E-state index is 11.7. The third-order valence-electron chi connectivity index (χ3n) is 5.06. The van der Waals surface area contributed by atoms with Gasteiger partial charge in [0.05, 0.1) is 6.26 Å². The van der Waals surface area contributed by atoms with Crippen molar-refractivity contribution >= 4 is 27.9 Å². The second-order valence-electron chi connectivity index (χ2n) is 8.65. The molecule has 254 valence electrons. The van der Waals surface area contributed by atoms with Crippen molar-refractivity contribution in [2.24, 2.45) is 0 Å². The number of pyridine rings is 2. The zero-order valence-corrected chi connectivity index (χ0v) is 23.5. The molecular formula is C23H25F9N4O8S. The lowest BCUT2D eigenvalue weighted by Gasteiger charge is -2.28. The highest BCUT2D eigenvalue weighted by Crippen LogP contribution is 2.24. The molecule has 0 aromatic carbocycles. The Morgan fingerprint density at radius 3 is 1.62 bits per heavy atom. The number of likely N-dealkylation sites (tertiary alicyclic amines) is 1. The van der Waals surface area contributed by atoms with E-state index in [0.717, 1.165) is 37.1 Å². The van der Waals surface area contributed by atoms with E-state index in [2.05, 4.69) is 19.6 Å². The minimum atomic E-state index is -5.08. The van der Waals surface area contributed by atoms with E-state index in [4.69, 9.17) is 29.7 Å². The van der Waals surface area contributed by atoms with E-state index in [1.54, 1.807) is 18.6 Å². The number of alkyl halides is 9. The average Bonchev–Trinajstić information content (AvgIpc) is 3.23. The number of aliphatic carboxylic acids is 3. The first-order chi connectivity index (χ1) is 20.3. The lowest BCUT2D eigenvalue weighted by Crippen LogP contribution is -2.45. The van der Waals surface area contributed by atoms with Crippen LogP contribution < -0.4 is 4.72 Å². The van der Waals surface area contributed by atoms with Crippen LogP contribution in [0, 0.1) is 0 Å². The zero-order chi connectivity index (χ0) is 35.2. The number of carboxylic acids is 3. The topological polar surface area (TPSA) is 187 Å². The fourth-order valence-electron chi connectivity index (χ4n) is 3.28. The fourth-order valence-corrected chi connectivity index (χ4v) is 4.11. The van der Waals surface area contributed by atoms with Crippen LogP contribution in [0.4, 0.5) is 39.5 Å². The minimum absolute atomic E-state index is 0.0789. The summed E-state index contributed by atoms with van der Waals surface area (Å²) in [6.07, 6.45) is -5.26. The van der Waals surface area contributed by atoms with Crippen molar-refractivity contribution in [3.63, 3.8) is 0 Å². The first kappa shape index (κ1) is 41.0. The SMILES string of the molecule is CS(=O)(=O)N[C@@H]1CCN(Cc2cccnc2)[C@H]1Cc1ccncc1.O=C(O)C(F)(F)F.O=C(O)C(F)(F)F.O=C(O)C(F)(F)F. The number of carbonyl (C=O) groups is 3. The summed E-state index contributed by atoms with van der Waals surface area (Å²) in [7, 11) is -3.23. The summed E-state index contributed by atoms with van der Waals surface area (Å²) in [5.41, 5.74) is 2.30. The molecule has 3 heterocycles. The first-order valence-electron chi connectivity index (χ1n) is 11.7. The molecule has 45 heavy (non-hydrogen) atoms. The van der Waals surface area contributed by atoms with Crippen LogP contribution in [0.1, 0.15) is 17.5 Å². The number of nitrogens with one attached hydrogen (secondary N) is 1. The third kappa shape index (κ3) is 18.4. The molecule has 2 atom stereocenters. The highest BCUT2D eigenvalue weighted by atomic mass is 32.2. The number of rotatable bonds is 6. The van der Waals surface area contributed by atoms with Gasteiger partial charge in [0, 0.05) is 50.0 Å². The molecule has 1 fully saturated rings. The van der Waals surface area contributed by atoms with E-state index < -0.39 is 46.5 Å². The molecule has 0 bridgehead atoms. The van der Waals surface area contributed by atoms with Crippen LogP contribution in [0.25, 0.3) is 0 Å². The number of halogens is 9. The predicted molar refractivity (Wildman–Crippen MR) is 134 cm³/mol. The van der Waals surface area contributed by atoms with Crippen LogP contribution in [0.3, 0.4) is 0 Å². The molecule has 4 N–H and O–H groups in total. The monoisotopic (exact) mass is 688 g/mol. The van der Waals surface area contributed by atoms with Crippen LogP contribution in [0.5, 0.6) is 0 Å². The van der Waals surface area contributed by atoms with Gasteiger partial charge in [0.15, 0.2) is 0 Å².